The molecule has 0 saturated carbocycles. The Balaban J connectivity index is 2.14. The van der Waals surface area contributed by atoms with E-state index in [1.165, 1.54) is 13.2 Å². The molecule has 1 aliphatic rings. The molecule has 0 spiro atoms. The molecule has 0 aliphatic carbocycles. The second kappa shape index (κ2) is 6.36. The second-order valence-corrected chi connectivity index (χ2v) is 5.87. The van der Waals surface area contributed by atoms with Gasteiger partial charge in [-0.1, -0.05) is 35.9 Å². The Morgan fingerprint density at radius 3 is 2.16 bits per heavy atom. The molecule has 0 aromatic heterocycles. The summed E-state index contributed by atoms with van der Waals surface area (Å²) in [5, 5.41) is 0. The summed E-state index contributed by atoms with van der Waals surface area (Å²) >= 11 is 0. The molecule has 3 rings (SSSR count). The number of benzene rings is 2. The van der Waals surface area contributed by atoms with E-state index >= 15 is 0 Å². The Bertz CT molecular complexity index is 892. The van der Waals surface area contributed by atoms with Crippen LogP contribution in [0.1, 0.15) is 37.4 Å². The molecule has 1 aliphatic heterocycles. The summed E-state index contributed by atoms with van der Waals surface area (Å²) in [5.74, 6) is -1.79. The zero-order valence-corrected chi connectivity index (χ0v) is 14.2. The van der Waals surface area contributed by atoms with Crippen LogP contribution in [0, 0.1) is 13.8 Å². The van der Waals surface area contributed by atoms with Crippen LogP contribution in [0.3, 0.4) is 0 Å². The minimum Gasteiger partial charge on any atom is -0.464 e. The van der Waals surface area contributed by atoms with Gasteiger partial charge in [-0.3, -0.25) is 9.59 Å². The molecule has 0 unspecified atom stereocenters. The van der Waals surface area contributed by atoms with E-state index in [2.05, 4.69) is 0 Å². The summed E-state index contributed by atoms with van der Waals surface area (Å²) in [7, 11) is 1.22. The highest BCUT2D eigenvalue weighted by Crippen LogP contribution is 2.28. The van der Waals surface area contributed by atoms with E-state index in [0.29, 0.717) is 0 Å². The fourth-order valence-electron chi connectivity index (χ4n) is 2.79. The number of carbonyl (C=O) groups is 3. The van der Waals surface area contributed by atoms with Crippen molar-refractivity contribution in [1.29, 1.82) is 0 Å². The minimum atomic E-state index is -0.740. The summed E-state index contributed by atoms with van der Waals surface area (Å²) in [6.07, 6.45) is 1.52. The van der Waals surface area contributed by atoms with Crippen molar-refractivity contribution in [3.05, 3.63) is 76.0 Å². The molecule has 0 radical (unpaired) electrons. The van der Waals surface area contributed by atoms with Gasteiger partial charge in [0.2, 0.25) is 0 Å². The largest absolute Gasteiger partial charge is 0.464 e. The molecule has 0 bridgehead atoms. The third kappa shape index (κ3) is 2.85. The number of esters is 1. The van der Waals surface area contributed by atoms with E-state index in [1.807, 2.05) is 32.0 Å². The number of ether oxygens (including phenoxy) is 1. The van der Waals surface area contributed by atoms with Crippen LogP contribution in [-0.4, -0.2) is 29.8 Å². The van der Waals surface area contributed by atoms with Crippen molar-refractivity contribution in [1.82, 2.24) is 4.90 Å². The molecule has 25 heavy (non-hydrogen) atoms. The highest BCUT2D eigenvalue weighted by molar-refractivity contribution is 6.25. The predicted molar refractivity (Wildman–Crippen MR) is 92.9 cm³/mol. The van der Waals surface area contributed by atoms with E-state index < -0.39 is 17.8 Å². The van der Waals surface area contributed by atoms with Gasteiger partial charge in [0.05, 0.1) is 18.2 Å². The first-order valence-electron chi connectivity index (χ1n) is 7.79. The lowest BCUT2D eigenvalue weighted by Crippen LogP contribution is -2.33. The van der Waals surface area contributed by atoms with E-state index in [9.17, 15) is 14.4 Å². The number of rotatable bonds is 3. The fraction of sp³-hybridized carbons (Fsp3) is 0.150. The van der Waals surface area contributed by atoms with Crippen molar-refractivity contribution in [2.45, 2.75) is 13.8 Å². The lowest BCUT2D eigenvalue weighted by Gasteiger charge is -2.16. The normalized spacial score (nSPS) is 13.9. The lowest BCUT2D eigenvalue weighted by atomic mass is 10.0. The number of imide groups is 1. The quantitative estimate of drug-likeness (QED) is 0.491. The van der Waals surface area contributed by atoms with Crippen molar-refractivity contribution in [2.24, 2.45) is 0 Å². The zero-order chi connectivity index (χ0) is 18.1. The van der Waals surface area contributed by atoms with Gasteiger partial charge < -0.3 is 4.74 Å². The van der Waals surface area contributed by atoms with Gasteiger partial charge in [-0.15, -0.1) is 0 Å². The molecular formula is C20H17NO4. The summed E-state index contributed by atoms with van der Waals surface area (Å²) in [6, 6.07) is 12.3. The van der Waals surface area contributed by atoms with E-state index in [1.54, 1.807) is 24.3 Å². The number of aryl methyl sites for hydroxylation is 2. The first-order chi connectivity index (χ1) is 11.9. The molecule has 2 aromatic rings. The van der Waals surface area contributed by atoms with Crippen LogP contribution < -0.4 is 0 Å². The van der Waals surface area contributed by atoms with E-state index in [4.69, 9.17) is 4.74 Å². The van der Waals surface area contributed by atoms with Gasteiger partial charge in [0.15, 0.2) is 0 Å². The van der Waals surface area contributed by atoms with Gasteiger partial charge >= 0.3 is 5.97 Å². The molecule has 5 heteroatoms. The van der Waals surface area contributed by atoms with Crippen LogP contribution in [-0.2, 0) is 9.53 Å². The number of hydrogen-bond donors (Lipinski definition) is 0. The van der Waals surface area contributed by atoms with E-state index in [-0.39, 0.29) is 16.8 Å². The monoisotopic (exact) mass is 335 g/mol. The van der Waals surface area contributed by atoms with Crippen LogP contribution in [0.5, 0.6) is 0 Å². The first kappa shape index (κ1) is 16.6. The van der Waals surface area contributed by atoms with Crippen molar-refractivity contribution in [3.63, 3.8) is 0 Å². The van der Waals surface area contributed by atoms with Gasteiger partial charge in [-0.05, 0) is 43.2 Å². The molecule has 0 saturated heterocycles. The van der Waals surface area contributed by atoms with Crippen LogP contribution in [0.15, 0.2) is 48.2 Å². The van der Waals surface area contributed by atoms with Crippen molar-refractivity contribution >= 4 is 23.9 Å². The molecule has 0 atom stereocenters. The number of carbonyl (C=O) groups excluding carboxylic acids is 3. The summed E-state index contributed by atoms with van der Waals surface area (Å²) in [6.45, 7) is 3.82. The molecule has 1 heterocycles. The molecule has 2 aromatic carbocycles. The number of amides is 2. The first-order valence-corrected chi connectivity index (χ1v) is 7.79. The SMILES string of the molecule is COC(=O)/C(=C\c1cc(C)ccc1C)N1C(=O)c2ccccc2C1=O. The van der Waals surface area contributed by atoms with Gasteiger partial charge in [-0.2, -0.15) is 0 Å². The highest BCUT2D eigenvalue weighted by Gasteiger charge is 2.40. The van der Waals surface area contributed by atoms with Crippen molar-refractivity contribution in [2.75, 3.05) is 7.11 Å². The van der Waals surface area contributed by atoms with Crippen LogP contribution in [0.4, 0.5) is 0 Å². The maximum atomic E-state index is 12.7. The fourth-order valence-corrected chi connectivity index (χ4v) is 2.79. The average molecular weight is 335 g/mol. The topological polar surface area (TPSA) is 63.7 Å². The number of methoxy groups -OCH3 is 1. The van der Waals surface area contributed by atoms with Gasteiger partial charge in [-0.25, -0.2) is 9.69 Å². The lowest BCUT2D eigenvalue weighted by molar-refractivity contribution is -0.137. The highest BCUT2D eigenvalue weighted by atomic mass is 16.5. The van der Waals surface area contributed by atoms with Crippen LogP contribution in [0.2, 0.25) is 0 Å². The Hall–Kier alpha value is -3.21. The number of fused-ring (bicyclic) bond motifs is 1. The van der Waals surface area contributed by atoms with Gasteiger partial charge in [0.25, 0.3) is 11.8 Å². The van der Waals surface area contributed by atoms with Gasteiger partial charge in [0, 0.05) is 0 Å². The predicted octanol–water partition coefficient (Wildman–Crippen LogP) is 3.11. The Kier molecular flexibility index (Phi) is 4.23. The minimum absolute atomic E-state index is 0.0950. The molecule has 5 nitrogen and oxygen atoms in total. The molecule has 126 valence electrons. The Morgan fingerprint density at radius 1 is 1.00 bits per heavy atom. The average Bonchev–Trinajstić information content (AvgIpc) is 2.86. The van der Waals surface area contributed by atoms with E-state index in [0.717, 1.165) is 21.6 Å². The third-order valence-corrected chi connectivity index (χ3v) is 4.16. The number of nitrogens with zero attached hydrogens (tertiary/aromatic N) is 1. The smallest absolute Gasteiger partial charge is 0.355 e. The molecule has 0 fully saturated rings. The van der Waals surface area contributed by atoms with Gasteiger partial charge in [0.1, 0.15) is 5.70 Å². The Morgan fingerprint density at radius 2 is 1.60 bits per heavy atom. The Labute approximate surface area is 145 Å². The molecular weight excluding hydrogens is 318 g/mol. The van der Waals surface area contributed by atoms with Crippen LogP contribution in [0.25, 0.3) is 6.08 Å². The summed E-state index contributed by atoms with van der Waals surface area (Å²) < 4.78 is 4.81. The van der Waals surface area contributed by atoms with Crippen molar-refractivity contribution in [3.8, 4) is 0 Å². The maximum absolute atomic E-state index is 12.7. The third-order valence-electron chi connectivity index (χ3n) is 4.16. The summed E-state index contributed by atoms with van der Waals surface area (Å²) in [5.41, 5.74) is 3.14. The summed E-state index contributed by atoms with van der Waals surface area (Å²) in [4.78, 5) is 38.5. The molecule has 2 amide bonds. The second-order valence-electron chi connectivity index (χ2n) is 5.87. The van der Waals surface area contributed by atoms with Crippen molar-refractivity contribution < 1.29 is 19.1 Å². The number of hydrogen-bond acceptors (Lipinski definition) is 4. The standard InChI is InChI=1S/C20H17NO4/c1-12-8-9-13(2)14(10-12)11-17(20(24)25-3)21-18(22)15-6-4-5-7-16(15)19(21)23/h4-11H,1-3H3/b17-11+. The maximum Gasteiger partial charge on any atom is 0.355 e. The van der Waals surface area contributed by atoms with Crippen LogP contribution >= 0.6 is 0 Å². The zero-order valence-electron chi connectivity index (χ0n) is 14.2. The molecule has 0 N–H and O–H groups in total.